The Morgan fingerprint density at radius 1 is 0.875 bits per heavy atom. The Hall–Kier alpha value is -3.07. The zero-order valence-electron chi connectivity index (χ0n) is 18.0. The van der Waals surface area contributed by atoms with Crippen molar-refractivity contribution < 1.29 is 14.2 Å². The second-order valence-corrected chi connectivity index (χ2v) is 7.85. The van der Waals surface area contributed by atoms with Gasteiger partial charge in [0, 0.05) is 45.1 Å². The Labute approximate surface area is 187 Å². The molecule has 5 rings (SSSR count). The summed E-state index contributed by atoms with van der Waals surface area (Å²) in [7, 11) is 0. The molecular weight excluding hydrogens is 406 g/mol. The molecule has 0 unspecified atom stereocenters. The van der Waals surface area contributed by atoms with E-state index in [1.807, 2.05) is 48.5 Å². The first-order chi connectivity index (χ1) is 15.8. The van der Waals surface area contributed by atoms with Crippen molar-refractivity contribution in [2.24, 2.45) is 0 Å². The van der Waals surface area contributed by atoms with Gasteiger partial charge in [-0.15, -0.1) is 0 Å². The first-order valence-electron chi connectivity index (χ1n) is 11.0. The number of benzene rings is 1. The maximum atomic E-state index is 6.09. The van der Waals surface area contributed by atoms with Gasteiger partial charge in [0.15, 0.2) is 0 Å². The molecule has 2 aliphatic rings. The number of hydrogen-bond acceptors (Lipinski definition) is 8. The summed E-state index contributed by atoms with van der Waals surface area (Å²) in [6.45, 7) is 6.02. The fraction of sp³-hybridized carbons (Fsp3) is 0.375. The van der Waals surface area contributed by atoms with Crippen LogP contribution in [0.2, 0.25) is 0 Å². The molecule has 4 heterocycles. The lowest BCUT2D eigenvalue weighted by Crippen LogP contribution is -2.46. The van der Waals surface area contributed by atoms with Gasteiger partial charge >= 0.3 is 0 Å². The molecule has 0 saturated carbocycles. The maximum Gasteiger partial charge on any atom is 0.225 e. The van der Waals surface area contributed by atoms with E-state index in [0.717, 1.165) is 49.9 Å². The Bertz CT molecular complexity index is 991. The molecule has 1 aromatic carbocycles. The van der Waals surface area contributed by atoms with Gasteiger partial charge in [-0.05, 0) is 23.8 Å². The van der Waals surface area contributed by atoms with Crippen molar-refractivity contribution in [2.45, 2.75) is 19.4 Å². The number of hydrogen-bond donors (Lipinski definition) is 0. The fourth-order valence-corrected chi connectivity index (χ4v) is 3.92. The molecule has 2 fully saturated rings. The molecule has 2 saturated heterocycles. The molecule has 0 aliphatic carbocycles. The van der Waals surface area contributed by atoms with Crippen LogP contribution in [-0.4, -0.2) is 59.2 Å². The molecule has 8 heteroatoms. The van der Waals surface area contributed by atoms with Crippen LogP contribution in [0.15, 0.2) is 60.9 Å². The molecular formula is C24H27N5O3. The third kappa shape index (κ3) is 5.04. The third-order valence-electron chi connectivity index (χ3n) is 5.62. The van der Waals surface area contributed by atoms with Crippen molar-refractivity contribution in [3.63, 3.8) is 0 Å². The average molecular weight is 434 g/mol. The van der Waals surface area contributed by atoms with E-state index in [-0.39, 0.29) is 0 Å². The Morgan fingerprint density at radius 3 is 2.38 bits per heavy atom. The highest BCUT2D eigenvalue weighted by Gasteiger charge is 2.25. The van der Waals surface area contributed by atoms with Gasteiger partial charge in [-0.2, -0.15) is 0 Å². The summed E-state index contributed by atoms with van der Waals surface area (Å²) in [6, 6.07) is 16.0. The summed E-state index contributed by atoms with van der Waals surface area (Å²) in [4.78, 5) is 18.2. The maximum absolute atomic E-state index is 6.09. The monoisotopic (exact) mass is 433 g/mol. The molecule has 0 spiro atoms. The zero-order chi connectivity index (χ0) is 21.6. The van der Waals surface area contributed by atoms with E-state index >= 15 is 0 Å². The van der Waals surface area contributed by atoms with Crippen LogP contribution in [0, 0.1) is 0 Å². The molecule has 0 bridgehead atoms. The van der Waals surface area contributed by atoms with E-state index < -0.39 is 6.29 Å². The predicted octanol–water partition coefficient (Wildman–Crippen LogP) is 2.82. The van der Waals surface area contributed by atoms with Crippen molar-refractivity contribution >= 4 is 5.95 Å². The van der Waals surface area contributed by atoms with E-state index in [9.17, 15) is 0 Å². The minimum absolute atomic E-state index is 0.477. The number of rotatable bonds is 7. The average Bonchev–Trinajstić information content (AvgIpc) is 3.40. The highest BCUT2D eigenvalue weighted by Crippen LogP contribution is 2.31. The normalized spacial score (nSPS) is 17.6. The van der Waals surface area contributed by atoms with Crippen molar-refractivity contribution in [1.82, 2.24) is 19.9 Å². The van der Waals surface area contributed by atoms with Crippen LogP contribution < -0.4 is 9.64 Å². The quantitative estimate of drug-likeness (QED) is 0.563. The van der Waals surface area contributed by atoms with Crippen molar-refractivity contribution in [2.75, 3.05) is 44.3 Å². The molecule has 32 heavy (non-hydrogen) atoms. The van der Waals surface area contributed by atoms with Gasteiger partial charge in [0.05, 0.1) is 18.9 Å². The second-order valence-electron chi connectivity index (χ2n) is 7.85. The first kappa shape index (κ1) is 20.8. The van der Waals surface area contributed by atoms with Crippen LogP contribution in [0.1, 0.15) is 23.2 Å². The number of pyridine rings is 1. The highest BCUT2D eigenvalue weighted by atomic mass is 16.7. The van der Waals surface area contributed by atoms with Crippen LogP contribution in [0.5, 0.6) is 5.75 Å². The largest absolute Gasteiger partial charge is 0.487 e. The Balaban J connectivity index is 1.25. The Morgan fingerprint density at radius 2 is 1.62 bits per heavy atom. The topological polar surface area (TPSA) is 72.8 Å². The van der Waals surface area contributed by atoms with E-state index in [1.165, 1.54) is 0 Å². The lowest BCUT2D eigenvalue weighted by atomic mass is 10.2. The van der Waals surface area contributed by atoms with Crippen molar-refractivity contribution in [3.05, 3.63) is 77.9 Å². The van der Waals surface area contributed by atoms with Gasteiger partial charge in [0.1, 0.15) is 18.1 Å². The van der Waals surface area contributed by atoms with Crippen molar-refractivity contribution in [1.29, 1.82) is 0 Å². The molecule has 0 radical (unpaired) electrons. The van der Waals surface area contributed by atoms with E-state index in [0.29, 0.717) is 31.3 Å². The highest BCUT2D eigenvalue weighted by molar-refractivity contribution is 5.32. The summed E-state index contributed by atoms with van der Waals surface area (Å²) in [6.07, 6.45) is 3.09. The standard InChI is InChI=1S/C24H27N5O3/c1-2-5-19(6-3-1)18-32-21-8-7-20(27-22(21)23-30-15-16-31-23)17-28-11-13-29(14-12-28)24-25-9-4-10-26-24/h1-10,23H,11-18H2. The minimum atomic E-state index is -0.479. The number of ether oxygens (including phenoxy) is 3. The molecule has 2 aliphatic heterocycles. The zero-order valence-corrected chi connectivity index (χ0v) is 18.0. The molecule has 8 nitrogen and oxygen atoms in total. The molecule has 166 valence electrons. The van der Waals surface area contributed by atoms with Crippen molar-refractivity contribution in [3.8, 4) is 5.75 Å². The Kier molecular flexibility index (Phi) is 6.53. The molecule has 3 aromatic rings. The molecule has 0 atom stereocenters. The lowest BCUT2D eigenvalue weighted by Gasteiger charge is -2.34. The number of anilines is 1. The number of nitrogens with zero attached hydrogens (tertiary/aromatic N) is 5. The molecule has 0 amide bonds. The van der Waals surface area contributed by atoms with Gasteiger partial charge in [-0.1, -0.05) is 30.3 Å². The number of aromatic nitrogens is 3. The fourth-order valence-electron chi connectivity index (χ4n) is 3.92. The second kappa shape index (κ2) is 10.0. The van der Waals surface area contributed by atoms with Crippen LogP contribution in [0.3, 0.4) is 0 Å². The molecule has 0 N–H and O–H groups in total. The van der Waals surface area contributed by atoms with E-state index in [2.05, 4.69) is 19.8 Å². The summed E-state index contributed by atoms with van der Waals surface area (Å²) in [5.41, 5.74) is 2.80. The van der Waals surface area contributed by atoms with Gasteiger partial charge in [-0.3, -0.25) is 4.90 Å². The van der Waals surface area contributed by atoms with Gasteiger partial charge in [0.2, 0.25) is 12.2 Å². The summed E-state index contributed by atoms with van der Waals surface area (Å²) in [5, 5.41) is 0. The van der Waals surface area contributed by atoms with Gasteiger partial charge in [0.25, 0.3) is 0 Å². The predicted molar refractivity (Wildman–Crippen MR) is 119 cm³/mol. The first-order valence-corrected chi connectivity index (χ1v) is 11.0. The van der Waals surface area contributed by atoms with Crippen LogP contribution in [0.4, 0.5) is 5.95 Å². The minimum Gasteiger partial charge on any atom is -0.487 e. The summed E-state index contributed by atoms with van der Waals surface area (Å²) >= 11 is 0. The molecule has 2 aromatic heterocycles. The van der Waals surface area contributed by atoms with Crippen LogP contribution in [0.25, 0.3) is 0 Å². The third-order valence-corrected chi connectivity index (χ3v) is 5.62. The number of piperazine rings is 1. The summed E-state index contributed by atoms with van der Waals surface area (Å²) < 4.78 is 17.6. The SMILES string of the molecule is c1ccc(COc2ccc(CN3CCN(c4ncccn4)CC3)nc2C2OCCO2)cc1. The summed E-state index contributed by atoms with van der Waals surface area (Å²) in [5.74, 6) is 1.50. The van der Waals surface area contributed by atoms with Crippen LogP contribution in [-0.2, 0) is 22.6 Å². The smallest absolute Gasteiger partial charge is 0.225 e. The van der Waals surface area contributed by atoms with Gasteiger partial charge in [-0.25, -0.2) is 15.0 Å². The lowest BCUT2D eigenvalue weighted by molar-refractivity contribution is -0.0493. The van der Waals surface area contributed by atoms with Gasteiger partial charge < -0.3 is 19.1 Å². The van der Waals surface area contributed by atoms with E-state index in [1.54, 1.807) is 12.4 Å². The van der Waals surface area contributed by atoms with Crippen LogP contribution >= 0.6 is 0 Å². The van der Waals surface area contributed by atoms with E-state index in [4.69, 9.17) is 19.2 Å².